The Morgan fingerprint density at radius 2 is 2.33 bits per heavy atom. The van der Waals surface area contributed by atoms with Crippen molar-refractivity contribution in [2.24, 2.45) is 0 Å². The lowest BCUT2D eigenvalue weighted by atomic mass is 10.2. The molecule has 1 heterocycles. The maximum absolute atomic E-state index is 5.76. The van der Waals surface area contributed by atoms with Gasteiger partial charge in [-0.25, -0.2) is 9.97 Å². The van der Waals surface area contributed by atoms with Crippen LogP contribution in [0.5, 0.6) is 0 Å². The molecular weight excluding hydrogens is 216 g/mol. The van der Waals surface area contributed by atoms with Crippen LogP contribution in [-0.2, 0) is 4.74 Å². The third-order valence-electron chi connectivity index (χ3n) is 1.97. The summed E-state index contributed by atoms with van der Waals surface area (Å²) in [7, 11) is 1.67. The number of methoxy groups -OCH3 is 1. The van der Waals surface area contributed by atoms with Crippen LogP contribution in [0.2, 0.25) is 5.15 Å². The van der Waals surface area contributed by atoms with Crippen molar-refractivity contribution in [2.45, 2.75) is 19.4 Å². The number of nitrogens with one attached hydrogen (secondary N) is 1. The van der Waals surface area contributed by atoms with E-state index in [4.69, 9.17) is 22.1 Å². The van der Waals surface area contributed by atoms with Crippen LogP contribution in [-0.4, -0.2) is 29.7 Å². The second kappa shape index (κ2) is 5.72. The molecule has 3 N–H and O–H groups in total. The Balaban J connectivity index is 2.60. The number of rotatable bonds is 5. The van der Waals surface area contributed by atoms with Gasteiger partial charge in [0.1, 0.15) is 12.0 Å². The molecule has 0 spiro atoms. The highest BCUT2D eigenvalue weighted by Crippen LogP contribution is 2.22. The van der Waals surface area contributed by atoms with Crippen LogP contribution in [0.25, 0.3) is 0 Å². The number of nitrogens with two attached hydrogens (primary N) is 1. The van der Waals surface area contributed by atoms with E-state index in [1.165, 1.54) is 6.33 Å². The Morgan fingerprint density at radius 3 is 3.00 bits per heavy atom. The van der Waals surface area contributed by atoms with Crippen molar-refractivity contribution in [3.05, 3.63) is 11.5 Å². The number of hydrogen-bond donors (Lipinski definition) is 2. The number of aromatic nitrogens is 2. The number of nitrogens with zero attached hydrogens (tertiary/aromatic N) is 2. The Bertz CT molecular complexity index is 321. The van der Waals surface area contributed by atoms with E-state index in [1.807, 2.05) is 6.92 Å². The summed E-state index contributed by atoms with van der Waals surface area (Å²) < 4.78 is 4.97. The highest BCUT2D eigenvalue weighted by atomic mass is 35.5. The smallest absolute Gasteiger partial charge is 0.157 e. The number of nitrogen functional groups attached to an aromatic ring is 1. The molecular formula is C9H15ClN4O. The highest BCUT2D eigenvalue weighted by Gasteiger charge is 2.08. The summed E-state index contributed by atoms with van der Waals surface area (Å²) in [4.78, 5) is 7.79. The van der Waals surface area contributed by atoms with Gasteiger partial charge in [-0.2, -0.15) is 0 Å². The van der Waals surface area contributed by atoms with Crippen molar-refractivity contribution in [1.29, 1.82) is 0 Å². The van der Waals surface area contributed by atoms with E-state index in [-0.39, 0.29) is 11.2 Å². The van der Waals surface area contributed by atoms with Crippen molar-refractivity contribution >= 4 is 23.1 Å². The molecule has 0 saturated heterocycles. The van der Waals surface area contributed by atoms with Gasteiger partial charge in [-0.15, -0.1) is 0 Å². The highest BCUT2D eigenvalue weighted by molar-refractivity contribution is 6.32. The second-order valence-electron chi connectivity index (χ2n) is 3.25. The van der Waals surface area contributed by atoms with Crippen LogP contribution < -0.4 is 11.1 Å². The molecule has 0 radical (unpaired) electrons. The van der Waals surface area contributed by atoms with Crippen molar-refractivity contribution in [1.82, 2.24) is 9.97 Å². The second-order valence-corrected chi connectivity index (χ2v) is 3.61. The van der Waals surface area contributed by atoms with Gasteiger partial charge in [-0.1, -0.05) is 11.6 Å². The van der Waals surface area contributed by atoms with Gasteiger partial charge in [-0.05, 0) is 13.3 Å². The van der Waals surface area contributed by atoms with E-state index in [1.54, 1.807) is 7.11 Å². The zero-order valence-electron chi connectivity index (χ0n) is 8.83. The van der Waals surface area contributed by atoms with Gasteiger partial charge >= 0.3 is 0 Å². The fraction of sp³-hybridized carbons (Fsp3) is 0.556. The summed E-state index contributed by atoms with van der Waals surface area (Å²) in [5.74, 6) is 0.568. The zero-order chi connectivity index (χ0) is 11.3. The fourth-order valence-electron chi connectivity index (χ4n) is 1.09. The third kappa shape index (κ3) is 3.53. The topological polar surface area (TPSA) is 73.1 Å². The normalized spacial score (nSPS) is 12.5. The molecule has 0 bridgehead atoms. The number of hydrogen-bond acceptors (Lipinski definition) is 5. The van der Waals surface area contributed by atoms with E-state index < -0.39 is 0 Å². The first kappa shape index (κ1) is 12.0. The monoisotopic (exact) mass is 230 g/mol. The van der Waals surface area contributed by atoms with Crippen molar-refractivity contribution in [2.75, 3.05) is 24.8 Å². The predicted octanol–water partition coefficient (Wildman–Crippen LogP) is 1.55. The SMILES string of the molecule is COCCC(C)Nc1ncnc(Cl)c1N. The van der Waals surface area contributed by atoms with E-state index >= 15 is 0 Å². The first-order valence-corrected chi connectivity index (χ1v) is 5.04. The van der Waals surface area contributed by atoms with E-state index in [9.17, 15) is 0 Å². The van der Waals surface area contributed by atoms with Crippen LogP contribution in [0.3, 0.4) is 0 Å². The van der Waals surface area contributed by atoms with Gasteiger partial charge in [0, 0.05) is 19.8 Å². The van der Waals surface area contributed by atoms with Gasteiger partial charge < -0.3 is 15.8 Å². The minimum Gasteiger partial charge on any atom is -0.393 e. The quantitative estimate of drug-likeness (QED) is 0.751. The first-order valence-electron chi connectivity index (χ1n) is 4.66. The lowest BCUT2D eigenvalue weighted by Gasteiger charge is -2.15. The molecule has 84 valence electrons. The van der Waals surface area contributed by atoms with E-state index in [0.717, 1.165) is 6.42 Å². The Labute approximate surface area is 94.0 Å². The van der Waals surface area contributed by atoms with Crippen molar-refractivity contribution in [3.8, 4) is 0 Å². The summed E-state index contributed by atoms with van der Waals surface area (Å²) >= 11 is 5.76. The van der Waals surface area contributed by atoms with Gasteiger partial charge in [0.2, 0.25) is 0 Å². The minimum absolute atomic E-state index is 0.221. The van der Waals surface area contributed by atoms with E-state index in [2.05, 4.69) is 15.3 Å². The molecule has 1 aromatic heterocycles. The minimum atomic E-state index is 0.221. The summed E-state index contributed by atoms with van der Waals surface area (Å²) in [6.45, 7) is 2.71. The lowest BCUT2D eigenvalue weighted by molar-refractivity contribution is 0.191. The van der Waals surface area contributed by atoms with Gasteiger partial charge in [-0.3, -0.25) is 0 Å². The average Bonchev–Trinajstić information content (AvgIpc) is 2.22. The van der Waals surface area contributed by atoms with Gasteiger partial charge in [0.15, 0.2) is 11.0 Å². The van der Waals surface area contributed by atoms with Gasteiger partial charge in [0.25, 0.3) is 0 Å². The molecule has 1 rings (SSSR count). The predicted molar refractivity (Wildman–Crippen MR) is 61.0 cm³/mol. The first-order chi connectivity index (χ1) is 7.15. The average molecular weight is 231 g/mol. The van der Waals surface area contributed by atoms with Crippen LogP contribution in [0.1, 0.15) is 13.3 Å². The molecule has 0 amide bonds. The molecule has 1 aromatic rings. The Hall–Kier alpha value is -1.07. The molecule has 0 fully saturated rings. The molecule has 0 aliphatic carbocycles. The summed E-state index contributed by atoms with van der Waals surface area (Å²) in [5.41, 5.74) is 6.09. The summed E-state index contributed by atoms with van der Waals surface area (Å²) in [5, 5.41) is 3.42. The lowest BCUT2D eigenvalue weighted by Crippen LogP contribution is -2.19. The molecule has 0 aromatic carbocycles. The molecule has 5 nitrogen and oxygen atoms in total. The van der Waals surface area contributed by atoms with Crippen LogP contribution in [0.4, 0.5) is 11.5 Å². The molecule has 6 heteroatoms. The number of halogens is 1. The zero-order valence-corrected chi connectivity index (χ0v) is 9.58. The molecule has 0 aliphatic rings. The maximum atomic E-state index is 5.76. The molecule has 15 heavy (non-hydrogen) atoms. The number of ether oxygens (including phenoxy) is 1. The molecule has 1 unspecified atom stereocenters. The van der Waals surface area contributed by atoms with Crippen molar-refractivity contribution in [3.63, 3.8) is 0 Å². The van der Waals surface area contributed by atoms with Crippen LogP contribution >= 0.6 is 11.6 Å². The Kier molecular flexibility index (Phi) is 4.58. The third-order valence-corrected chi connectivity index (χ3v) is 2.27. The van der Waals surface area contributed by atoms with Crippen molar-refractivity contribution < 1.29 is 4.74 Å². The largest absolute Gasteiger partial charge is 0.393 e. The molecule has 0 saturated carbocycles. The number of anilines is 2. The van der Waals surface area contributed by atoms with Crippen LogP contribution in [0.15, 0.2) is 6.33 Å². The van der Waals surface area contributed by atoms with E-state index in [0.29, 0.717) is 18.1 Å². The summed E-state index contributed by atoms with van der Waals surface area (Å²) in [6.07, 6.45) is 2.25. The fourth-order valence-corrected chi connectivity index (χ4v) is 1.22. The summed E-state index contributed by atoms with van der Waals surface area (Å²) in [6, 6.07) is 0.221. The van der Waals surface area contributed by atoms with Crippen LogP contribution in [0, 0.1) is 0 Å². The Morgan fingerprint density at radius 1 is 1.60 bits per heavy atom. The standard InChI is InChI=1S/C9H15ClN4O/c1-6(3-4-15-2)14-9-7(11)8(10)12-5-13-9/h5-6H,3-4,11H2,1-2H3,(H,12,13,14). The van der Waals surface area contributed by atoms with Gasteiger partial charge in [0.05, 0.1) is 0 Å². The maximum Gasteiger partial charge on any atom is 0.157 e. The molecule has 0 aliphatic heterocycles. The molecule has 1 atom stereocenters.